The molecule has 1 aromatic carbocycles. The maximum atomic E-state index is 5.73. The SMILES string of the molecule is CCNC(=NCc1c(C)nn(C)c1C)NCCOc1cccc(Br)c1. The number of rotatable bonds is 7. The van der Waals surface area contributed by atoms with Gasteiger partial charge in [-0.2, -0.15) is 5.10 Å². The van der Waals surface area contributed by atoms with Crippen molar-refractivity contribution in [1.29, 1.82) is 0 Å². The summed E-state index contributed by atoms with van der Waals surface area (Å²) in [5.74, 6) is 1.63. The number of ether oxygens (including phenoxy) is 1. The van der Waals surface area contributed by atoms with E-state index < -0.39 is 0 Å². The average molecular weight is 408 g/mol. The van der Waals surface area contributed by atoms with Gasteiger partial charge in [-0.25, -0.2) is 4.99 Å². The van der Waals surface area contributed by atoms with E-state index in [4.69, 9.17) is 4.74 Å². The number of halogens is 1. The van der Waals surface area contributed by atoms with E-state index in [1.807, 2.05) is 42.9 Å². The van der Waals surface area contributed by atoms with Gasteiger partial charge in [0.05, 0.1) is 18.8 Å². The summed E-state index contributed by atoms with van der Waals surface area (Å²) in [5.41, 5.74) is 3.35. The Morgan fingerprint density at radius 1 is 1.32 bits per heavy atom. The van der Waals surface area contributed by atoms with Gasteiger partial charge in [-0.15, -0.1) is 0 Å². The van der Waals surface area contributed by atoms with Crippen molar-refractivity contribution in [2.24, 2.45) is 12.0 Å². The lowest BCUT2D eigenvalue weighted by atomic mass is 10.2. The van der Waals surface area contributed by atoms with E-state index in [0.29, 0.717) is 19.7 Å². The van der Waals surface area contributed by atoms with Crippen LogP contribution in [0, 0.1) is 13.8 Å². The van der Waals surface area contributed by atoms with Crippen molar-refractivity contribution in [3.05, 3.63) is 45.7 Å². The Hall–Kier alpha value is -2.02. The molecule has 0 fully saturated rings. The number of hydrogen-bond acceptors (Lipinski definition) is 3. The van der Waals surface area contributed by atoms with E-state index in [-0.39, 0.29) is 0 Å². The minimum atomic E-state index is 0.561. The second kappa shape index (κ2) is 9.46. The minimum Gasteiger partial charge on any atom is -0.492 e. The molecule has 1 aromatic heterocycles. The Bertz CT molecular complexity index is 726. The van der Waals surface area contributed by atoms with Crippen LogP contribution in [0.2, 0.25) is 0 Å². The third kappa shape index (κ3) is 5.77. The van der Waals surface area contributed by atoms with Crippen LogP contribution in [0.5, 0.6) is 5.75 Å². The van der Waals surface area contributed by atoms with Gasteiger partial charge in [0.1, 0.15) is 12.4 Å². The van der Waals surface area contributed by atoms with Gasteiger partial charge in [0, 0.05) is 29.3 Å². The zero-order chi connectivity index (χ0) is 18.2. The van der Waals surface area contributed by atoms with Crippen LogP contribution in [0.25, 0.3) is 0 Å². The Morgan fingerprint density at radius 2 is 2.12 bits per heavy atom. The molecule has 0 radical (unpaired) electrons. The van der Waals surface area contributed by atoms with Gasteiger partial charge in [-0.1, -0.05) is 22.0 Å². The number of hydrogen-bond donors (Lipinski definition) is 2. The molecule has 7 heteroatoms. The Kier molecular flexibility index (Phi) is 7.31. The van der Waals surface area contributed by atoms with Gasteiger partial charge in [0.2, 0.25) is 0 Å². The third-order valence-electron chi connectivity index (χ3n) is 3.86. The number of aliphatic imine (C=N–C) groups is 1. The van der Waals surface area contributed by atoms with Crippen molar-refractivity contribution in [3.8, 4) is 5.75 Å². The van der Waals surface area contributed by atoms with Crippen molar-refractivity contribution in [3.63, 3.8) is 0 Å². The molecule has 0 aliphatic rings. The molecule has 0 atom stereocenters. The molecule has 0 saturated heterocycles. The van der Waals surface area contributed by atoms with Crippen LogP contribution in [0.15, 0.2) is 33.7 Å². The molecule has 0 amide bonds. The Balaban J connectivity index is 1.87. The quantitative estimate of drug-likeness (QED) is 0.420. The molecule has 0 aliphatic carbocycles. The van der Waals surface area contributed by atoms with Crippen LogP contribution in [-0.2, 0) is 13.6 Å². The maximum Gasteiger partial charge on any atom is 0.191 e. The molecule has 1 heterocycles. The third-order valence-corrected chi connectivity index (χ3v) is 4.35. The second-order valence-corrected chi connectivity index (χ2v) is 6.62. The van der Waals surface area contributed by atoms with E-state index in [1.165, 1.54) is 5.56 Å². The predicted octanol–water partition coefficient (Wildman–Crippen LogP) is 2.93. The number of nitrogens with zero attached hydrogens (tertiary/aromatic N) is 3. The molecule has 2 aromatic rings. The van der Waals surface area contributed by atoms with Gasteiger partial charge in [0.25, 0.3) is 0 Å². The first kappa shape index (κ1) is 19.3. The van der Waals surface area contributed by atoms with E-state index in [1.54, 1.807) is 0 Å². The number of benzene rings is 1. The van der Waals surface area contributed by atoms with E-state index >= 15 is 0 Å². The number of nitrogens with one attached hydrogen (secondary N) is 2. The summed E-state index contributed by atoms with van der Waals surface area (Å²) in [6.45, 7) is 8.78. The minimum absolute atomic E-state index is 0.561. The lowest BCUT2D eigenvalue weighted by Gasteiger charge is -2.12. The van der Waals surface area contributed by atoms with Crippen LogP contribution >= 0.6 is 15.9 Å². The van der Waals surface area contributed by atoms with Gasteiger partial charge >= 0.3 is 0 Å². The Morgan fingerprint density at radius 3 is 2.76 bits per heavy atom. The largest absolute Gasteiger partial charge is 0.492 e. The number of aryl methyl sites for hydroxylation is 2. The highest BCUT2D eigenvalue weighted by Gasteiger charge is 2.08. The van der Waals surface area contributed by atoms with E-state index in [0.717, 1.165) is 34.1 Å². The molecule has 25 heavy (non-hydrogen) atoms. The fraction of sp³-hybridized carbons (Fsp3) is 0.444. The van der Waals surface area contributed by atoms with E-state index in [2.05, 4.69) is 50.5 Å². The normalized spacial score (nSPS) is 11.5. The van der Waals surface area contributed by atoms with Crippen LogP contribution in [-0.4, -0.2) is 35.4 Å². The molecule has 0 aliphatic heterocycles. The van der Waals surface area contributed by atoms with Crippen LogP contribution in [0.4, 0.5) is 0 Å². The maximum absolute atomic E-state index is 5.73. The number of guanidine groups is 1. The summed E-state index contributed by atoms with van der Waals surface area (Å²) in [6, 6.07) is 7.83. The summed E-state index contributed by atoms with van der Waals surface area (Å²) in [7, 11) is 1.96. The molecular formula is C18H26BrN5O. The highest BCUT2D eigenvalue weighted by molar-refractivity contribution is 9.10. The van der Waals surface area contributed by atoms with Crippen molar-refractivity contribution < 1.29 is 4.74 Å². The summed E-state index contributed by atoms with van der Waals surface area (Å²) < 4.78 is 8.64. The molecule has 0 unspecified atom stereocenters. The van der Waals surface area contributed by atoms with Crippen molar-refractivity contribution in [2.75, 3.05) is 19.7 Å². The summed E-state index contributed by atoms with van der Waals surface area (Å²) >= 11 is 3.44. The fourth-order valence-corrected chi connectivity index (χ4v) is 2.82. The zero-order valence-electron chi connectivity index (χ0n) is 15.3. The van der Waals surface area contributed by atoms with Gasteiger partial charge < -0.3 is 15.4 Å². The lowest BCUT2D eigenvalue weighted by Crippen LogP contribution is -2.39. The summed E-state index contributed by atoms with van der Waals surface area (Å²) in [5, 5.41) is 11.0. The number of aromatic nitrogens is 2. The molecule has 0 spiro atoms. The topological polar surface area (TPSA) is 63.5 Å². The van der Waals surface area contributed by atoms with Crippen LogP contribution in [0.3, 0.4) is 0 Å². The van der Waals surface area contributed by atoms with Crippen LogP contribution in [0.1, 0.15) is 23.9 Å². The average Bonchev–Trinajstić information content (AvgIpc) is 2.82. The molecule has 2 N–H and O–H groups in total. The second-order valence-electron chi connectivity index (χ2n) is 5.70. The molecule has 2 rings (SSSR count). The van der Waals surface area contributed by atoms with Crippen molar-refractivity contribution >= 4 is 21.9 Å². The van der Waals surface area contributed by atoms with Gasteiger partial charge in [-0.05, 0) is 39.0 Å². The highest BCUT2D eigenvalue weighted by atomic mass is 79.9. The summed E-state index contributed by atoms with van der Waals surface area (Å²) in [4.78, 5) is 4.66. The summed E-state index contributed by atoms with van der Waals surface area (Å²) in [6.07, 6.45) is 0. The molecule has 136 valence electrons. The van der Waals surface area contributed by atoms with Crippen molar-refractivity contribution in [2.45, 2.75) is 27.3 Å². The molecular weight excluding hydrogens is 382 g/mol. The first-order valence-electron chi connectivity index (χ1n) is 8.41. The standard InChI is InChI=1S/C18H26BrN5O/c1-5-20-18(22-12-17-13(2)23-24(4)14(17)3)21-9-10-25-16-8-6-7-15(19)11-16/h6-8,11H,5,9-10,12H2,1-4H3,(H2,20,21,22). The van der Waals surface area contributed by atoms with E-state index in [9.17, 15) is 0 Å². The predicted molar refractivity (Wildman–Crippen MR) is 105 cm³/mol. The highest BCUT2D eigenvalue weighted by Crippen LogP contribution is 2.17. The molecule has 0 bridgehead atoms. The van der Waals surface area contributed by atoms with Crippen LogP contribution < -0.4 is 15.4 Å². The fourth-order valence-electron chi connectivity index (χ4n) is 2.44. The molecule has 6 nitrogen and oxygen atoms in total. The first-order valence-corrected chi connectivity index (χ1v) is 9.20. The smallest absolute Gasteiger partial charge is 0.191 e. The van der Waals surface area contributed by atoms with Gasteiger partial charge in [-0.3, -0.25) is 4.68 Å². The first-order chi connectivity index (χ1) is 12.0. The molecule has 0 saturated carbocycles. The zero-order valence-corrected chi connectivity index (χ0v) is 16.9. The lowest BCUT2D eigenvalue weighted by molar-refractivity contribution is 0.321. The van der Waals surface area contributed by atoms with Gasteiger partial charge in [0.15, 0.2) is 5.96 Å². The Labute approximate surface area is 157 Å². The monoisotopic (exact) mass is 407 g/mol. The van der Waals surface area contributed by atoms with Crippen molar-refractivity contribution in [1.82, 2.24) is 20.4 Å².